The second kappa shape index (κ2) is 6.62. The monoisotopic (exact) mass is 317 g/mol. The third-order valence-corrected chi connectivity index (χ3v) is 4.73. The molecule has 0 aliphatic carbocycles. The molecule has 2 saturated heterocycles. The average molecular weight is 317 g/mol. The van der Waals surface area contributed by atoms with Crippen LogP contribution in [0.3, 0.4) is 0 Å². The first kappa shape index (κ1) is 15.9. The van der Waals surface area contributed by atoms with Crippen LogP contribution in [-0.4, -0.2) is 77.8 Å². The van der Waals surface area contributed by atoms with Crippen LogP contribution in [0.1, 0.15) is 23.8 Å². The molecule has 1 aromatic rings. The Morgan fingerprint density at radius 2 is 1.83 bits per heavy atom. The number of likely N-dealkylation sites (tertiary alicyclic amines) is 1. The number of aromatic nitrogens is 2. The summed E-state index contributed by atoms with van der Waals surface area (Å²) in [5, 5.41) is 0. The van der Waals surface area contributed by atoms with Crippen LogP contribution in [0.2, 0.25) is 0 Å². The van der Waals surface area contributed by atoms with E-state index in [2.05, 4.69) is 26.8 Å². The van der Waals surface area contributed by atoms with Crippen molar-refractivity contribution < 1.29 is 9.59 Å². The van der Waals surface area contributed by atoms with Crippen molar-refractivity contribution in [1.82, 2.24) is 19.8 Å². The van der Waals surface area contributed by atoms with Crippen LogP contribution in [0.5, 0.6) is 0 Å². The lowest BCUT2D eigenvalue weighted by atomic mass is 10.1. The molecule has 0 aromatic carbocycles. The van der Waals surface area contributed by atoms with Gasteiger partial charge in [-0.1, -0.05) is 0 Å². The second-order valence-electron chi connectivity index (χ2n) is 6.40. The van der Waals surface area contributed by atoms with Crippen molar-refractivity contribution in [2.24, 2.45) is 5.92 Å². The van der Waals surface area contributed by atoms with Crippen LogP contribution in [-0.2, 0) is 4.79 Å². The van der Waals surface area contributed by atoms with Gasteiger partial charge in [-0.2, -0.15) is 0 Å². The highest BCUT2D eigenvalue weighted by Crippen LogP contribution is 2.19. The number of likely N-dealkylation sites (N-methyl/N-ethyl adjacent to an activating group) is 1. The molecule has 0 radical (unpaired) electrons. The van der Waals surface area contributed by atoms with Crippen molar-refractivity contribution in [3.05, 3.63) is 18.1 Å². The van der Waals surface area contributed by atoms with Gasteiger partial charge in [0.25, 0.3) is 5.91 Å². The summed E-state index contributed by atoms with van der Waals surface area (Å²) in [6, 6.07) is 0. The molecular formula is C16H23N5O2. The van der Waals surface area contributed by atoms with Crippen LogP contribution >= 0.6 is 0 Å². The molecule has 2 aliphatic rings. The molecule has 0 spiro atoms. The van der Waals surface area contributed by atoms with E-state index in [1.807, 2.05) is 0 Å². The minimum absolute atomic E-state index is 0.0310. The van der Waals surface area contributed by atoms with E-state index in [0.717, 1.165) is 38.4 Å². The van der Waals surface area contributed by atoms with Crippen LogP contribution < -0.4 is 4.90 Å². The van der Waals surface area contributed by atoms with Gasteiger partial charge in [0.1, 0.15) is 17.3 Å². The SMILES string of the molecule is CC(=O)C1CCN(C(=O)c2cnc(N3CCN(C)CC3)cn2)C1. The van der Waals surface area contributed by atoms with Gasteiger partial charge in [-0.25, -0.2) is 9.97 Å². The molecule has 3 rings (SSSR count). The molecule has 1 atom stereocenters. The minimum Gasteiger partial charge on any atom is -0.353 e. The summed E-state index contributed by atoms with van der Waals surface area (Å²) in [5.74, 6) is 0.803. The van der Waals surface area contributed by atoms with Gasteiger partial charge in [-0.05, 0) is 20.4 Å². The molecule has 0 bridgehead atoms. The summed E-state index contributed by atoms with van der Waals surface area (Å²) >= 11 is 0. The number of carbonyl (C=O) groups is 2. The van der Waals surface area contributed by atoms with E-state index >= 15 is 0 Å². The summed E-state index contributed by atoms with van der Waals surface area (Å²) < 4.78 is 0. The topological polar surface area (TPSA) is 69.6 Å². The first-order valence-corrected chi connectivity index (χ1v) is 8.10. The normalized spacial score (nSPS) is 22.4. The Hall–Kier alpha value is -2.02. The molecule has 23 heavy (non-hydrogen) atoms. The number of piperazine rings is 1. The van der Waals surface area contributed by atoms with Crippen LogP contribution in [0, 0.1) is 5.92 Å². The first-order chi connectivity index (χ1) is 11.0. The van der Waals surface area contributed by atoms with Gasteiger partial charge < -0.3 is 14.7 Å². The predicted molar refractivity (Wildman–Crippen MR) is 86.4 cm³/mol. The Morgan fingerprint density at radius 1 is 1.09 bits per heavy atom. The number of amides is 1. The summed E-state index contributed by atoms with van der Waals surface area (Å²) in [5.41, 5.74) is 0.354. The van der Waals surface area contributed by atoms with Crippen LogP contribution in [0.15, 0.2) is 12.4 Å². The summed E-state index contributed by atoms with van der Waals surface area (Å²) in [7, 11) is 2.11. The molecule has 0 N–H and O–H groups in total. The maximum Gasteiger partial charge on any atom is 0.274 e. The zero-order valence-corrected chi connectivity index (χ0v) is 13.7. The van der Waals surface area contributed by atoms with Crippen molar-refractivity contribution >= 4 is 17.5 Å². The molecule has 2 aliphatic heterocycles. The van der Waals surface area contributed by atoms with Gasteiger partial charge in [-0.15, -0.1) is 0 Å². The summed E-state index contributed by atoms with van der Waals surface area (Å²) in [6.07, 6.45) is 3.97. The molecule has 2 fully saturated rings. The minimum atomic E-state index is -0.133. The Kier molecular flexibility index (Phi) is 4.56. The Labute approximate surface area is 136 Å². The van der Waals surface area contributed by atoms with E-state index in [4.69, 9.17) is 0 Å². The number of ketones is 1. The standard InChI is InChI=1S/C16H23N5O2/c1-12(22)13-3-4-21(11-13)16(23)14-9-18-15(10-17-14)20-7-5-19(2)6-8-20/h9-10,13H,3-8,11H2,1-2H3. The largest absolute Gasteiger partial charge is 0.353 e. The molecule has 1 aromatic heterocycles. The van der Waals surface area contributed by atoms with E-state index in [9.17, 15) is 9.59 Å². The van der Waals surface area contributed by atoms with E-state index < -0.39 is 0 Å². The maximum atomic E-state index is 12.4. The number of rotatable bonds is 3. The molecule has 0 saturated carbocycles. The fourth-order valence-electron chi connectivity index (χ4n) is 3.07. The highest BCUT2D eigenvalue weighted by molar-refractivity contribution is 5.93. The quantitative estimate of drug-likeness (QED) is 0.797. The lowest BCUT2D eigenvalue weighted by Crippen LogP contribution is -2.44. The van der Waals surface area contributed by atoms with Crippen LogP contribution in [0.4, 0.5) is 5.82 Å². The predicted octanol–water partition coefficient (Wildman–Crippen LogP) is 0.280. The third-order valence-electron chi connectivity index (χ3n) is 4.73. The van der Waals surface area contributed by atoms with Crippen molar-refractivity contribution in [3.8, 4) is 0 Å². The second-order valence-corrected chi connectivity index (χ2v) is 6.40. The molecule has 3 heterocycles. The fraction of sp³-hybridized carbons (Fsp3) is 0.625. The highest BCUT2D eigenvalue weighted by Gasteiger charge is 2.30. The number of hydrogen-bond donors (Lipinski definition) is 0. The smallest absolute Gasteiger partial charge is 0.274 e. The van der Waals surface area contributed by atoms with Gasteiger partial charge in [-0.3, -0.25) is 9.59 Å². The van der Waals surface area contributed by atoms with Crippen molar-refractivity contribution in [3.63, 3.8) is 0 Å². The van der Waals surface area contributed by atoms with Gasteiger partial charge in [0.2, 0.25) is 0 Å². The fourth-order valence-corrected chi connectivity index (χ4v) is 3.07. The Bertz CT molecular complexity index is 581. The molecule has 1 unspecified atom stereocenters. The molecular weight excluding hydrogens is 294 g/mol. The molecule has 7 nitrogen and oxygen atoms in total. The number of Topliss-reactive ketones (excluding diaryl/α,β-unsaturated/α-hetero) is 1. The van der Waals surface area contributed by atoms with Gasteiger partial charge in [0, 0.05) is 45.2 Å². The van der Waals surface area contributed by atoms with Gasteiger partial charge >= 0.3 is 0 Å². The van der Waals surface area contributed by atoms with Crippen LogP contribution in [0.25, 0.3) is 0 Å². The number of hydrogen-bond acceptors (Lipinski definition) is 6. The Balaban J connectivity index is 1.63. The maximum absolute atomic E-state index is 12.4. The molecule has 7 heteroatoms. The van der Waals surface area contributed by atoms with Crippen molar-refractivity contribution in [2.75, 3.05) is 51.2 Å². The average Bonchev–Trinajstić information content (AvgIpc) is 3.05. The zero-order chi connectivity index (χ0) is 16.4. The Morgan fingerprint density at radius 3 is 2.39 bits per heavy atom. The first-order valence-electron chi connectivity index (χ1n) is 8.10. The summed E-state index contributed by atoms with van der Waals surface area (Å²) in [4.78, 5) is 38.7. The zero-order valence-electron chi connectivity index (χ0n) is 13.7. The van der Waals surface area contributed by atoms with E-state index in [1.165, 1.54) is 0 Å². The van der Waals surface area contributed by atoms with Gasteiger partial charge in [0.15, 0.2) is 0 Å². The molecule has 124 valence electrons. The number of nitrogens with zero attached hydrogens (tertiary/aromatic N) is 5. The third kappa shape index (κ3) is 3.50. The van der Waals surface area contributed by atoms with E-state index in [-0.39, 0.29) is 17.6 Å². The lowest BCUT2D eigenvalue weighted by Gasteiger charge is -2.32. The summed E-state index contributed by atoms with van der Waals surface area (Å²) in [6.45, 7) is 6.55. The molecule has 1 amide bonds. The number of carbonyl (C=O) groups excluding carboxylic acids is 2. The lowest BCUT2D eigenvalue weighted by molar-refractivity contribution is -0.120. The van der Waals surface area contributed by atoms with E-state index in [1.54, 1.807) is 24.2 Å². The van der Waals surface area contributed by atoms with Gasteiger partial charge in [0.05, 0.1) is 12.4 Å². The van der Waals surface area contributed by atoms with Crippen molar-refractivity contribution in [1.29, 1.82) is 0 Å². The van der Waals surface area contributed by atoms with Crippen molar-refractivity contribution in [2.45, 2.75) is 13.3 Å². The van der Waals surface area contributed by atoms with E-state index in [0.29, 0.717) is 18.8 Å². The number of anilines is 1. The highest BCUT2D eigenvalue weighted by atomic mass is 16.2.